The van der Waals surface area contributed by atoms with Crippen molar-refractivity contribution in [1.82, 2.24) is 0 Å². The first-order valence-electron chi connectivity index (χ1n) is 5.52. The van der Waals surface area contributed by atoms with Gasteiger partial charge in [-0.25, -0.2) is 0 Å². The van der Waals surface area contributed by atoms with E-state index in [2.05, 4.69) is 12.6 Å². The zero-order chi connectivity index (χ0) is 13.9. The summed E-state index contributed by atoms with van der Waals surface area (Å²) < 4.78 is 76.1. The van der Waals surface area contributed by atoms with Crippen molar-refractivity contribution in [3.05, 3.63) is 0 Å². The van der Waals surface area contributed by atoms with Crippen LogP contribution in [-0.2, 0) is 0 Å². The highest BCUT2D eigenvalue weighted by molar-refractivity contribution is 7.81. The fourth-order valence-corrected chi connectivity index (χ4v) is 3.85. The van der Waals surface area contributed by atoms with Crippen molar-refractivity contribution in [3.63, 3.8) is 0 Å². The molecule has 0 radical (unpaired) electrons. The van der Waals surface area contributed by atoms with Crippen molar-refractivity contribution >= 4 is 12.6 Å². The third-order valence-electron chi connectivity index (χ3n) is 4.22. The molecule has 1 nitrogen and oxygen atoms in total. The van der Waals surface area contributed by atoms with E-state index in [-0.39, 0.29) is 30.4 Å². The summed E-state index contributed by atoms with van der Waals surface area (Å²) in [4.78, 5) is 0. The Morgan fingerprint density at radius 1 is 0.833 bits per heavy atom. The Hall–Kier alpha value is -0.110. The lowest BCUT2D eigenvalue weighted by Crippen LogP contribution is -2.63. The van der Waals surface area contributed by atoms with Crippen molar-refractivity contribution in [1.29, 1.82) is 0 Å². The molecule has 18 heavy (non-hydrogen) atoms. The quantitative estimate of drug-likeness (QED) is 0.562. The first-order valence-corrected chi connectivity index (χ1v) is 6.04. The van der Waals surface area contributed by atoms with Crippen molar-refractivity contribution in [2.45, 2.75) is 42.5 Å². The van der Waals surface area contributed by atoms with Crippen LogP contribution in [0.4, 0.5) is 26.3 Å². The second-order valence-electron chi connectivity index (χ2n) is 5.16. The minimum absolute atomic E-state index is 0.156. The van der Waals surface area contributed by atoms with Gasteiger partial charge in [-0.3, -0.25) is 0 Å². The van der Waals surface area contributed by atoms with Gasteiger partial charge in [0.05, 0.1) is 0 Å². The smallest absolute Gasteiger partial charge is 0.373 e. The maximum Gasteiger partial charge on any atom is 0.426 e. The second-order valence-corrected chi connectivity index (χ2v) is 5.83. The van der Waals surface area contributed by atoms with E-state index in [1.54, 1.807) is 0 Å². The molecule has 0 aromatic carbocycles. The SMILES string of the molecule is OC(C1CC2CC1CC2S)(C(F)(F)F)C(F)(F)F. The molecule has 106 valence electrons. The van der Waals surface area contributed by atoms with E-state index >= 15 is 0 Å². The van der Waals surface area contributed by atoms with Gasteiger partial charge in [0, 0.05) is 11.2 Å². The summed E-state index contributed by atoms with van der Waals surface area (Å²) in [6.45, 7) is 0. The van der Waals surface area contributed by atoms with Crippen LogP contribution in [0.15, 0.2) is 0 Å². The minimum Gasteiger partial charge on any atom is -0.373 e. The van der Waals surface area contributed by atoms with Crippen molar-refractivity contribution in [2.24, 2.45) is 17.8 Å². The van der Waals surface area contributed by atoms with E-state index in [0.717, 1.165) is 0 Å². The molecular formula is C10H12F6OS. The summed E-state index contributed by atoms with van der Waals surface area (Å²) >= 11 is 4.14. The van der Waals surface area contributed by atoms with Gasteiger partial charge in [0.15, 0.2) is 0 Å². The van der Waals surface area contributed by atoms with Gasteiger partial charge < -0.3 is 5.11 Å². The van der Waals surface area contributed by atoms with Crippen LogP contribution in [0.3, 0.4) is 0 Å². The highest BCUT2D eigenvalue weighted by Gasteiger charge is 2.76. The Labute approximate surface area is 105 Å². The van der Waals surface area contributed by atoms with Crippen LogP contribution in [0.2, 0.25) is 0 Å². The average Bonchev–Trinajstić information content (AvgIpc) is 2.70. The lowest BCUT2D eigenvalue weighted by Gasteiger charge is -2.41. The lowest BCUT2D eigenvalue weighted by atomic mass is 9.75. The van der Waals surface area contributed by atoms with E-state index < -0.39 is 29.8 Å². The largest absolute Gasteiger partial charge is 0.426 e. The molecule has 4 atom stereocenters. The molecule has 2 rings (SSSR count). The number of halogens is 6. The van der Waals surface area contributed by atoms with Crippen LogP contribution in [0.5, 0.6) is 0 Å². The van der Waals surface area contributed by atoms with E-state index in [4.69, 9.17) is 0 Å². The molecule has 1 N–H and O–H groups in total. The topological polar surface area (TPSA) is 20.2 Å². The molecule has 2 saturated carbocycles. The Kier molecular flexibility index (Phi) is 3.13. The van der Waals surface area contributed by atoms with Crippen LogP contribution in [0.25, 0.3) is 0 Å². The lowest BCUT2D eigenvalue weighted by molar-refractivity contribution is -0.388. The maximum absolute atomic E-state index is 12.7. The maximum atomic E-state index is 12.7. The highest BCUT2D eigenvalue weighted by atomic mass is 32.1. The first-order chi connectivity index (χ1) is 7.98. The zero-order valence-corrected chi connectivity index (χ0v) is 9.99. The van der Waals surface area contributed by atoms with Gasteiger partial charge in [-0.05, 0) is 31.1 Å². The molecule has 0 aromatic heterocycles. The molecule has 0 spiro atoms. The first kappa shape index (κ1) is 14.3. The highest BCUT2D eigenvalue weighted by Crippen LogP contribution is 2.60. The number of aliphatic hydroxyl groups is 1. The molecule has 0 amide bonds. The number of thiol groups is 1. The Morgan fingerprint density at radius 3 is 1.61 bits per heavy atom. The molecule has 2 bridgehead atoms. The Balaban J connectivity index is 2.34. The molecule has 0 aliphatic heterocycles. The zero-order valence-electron chi connectivity index (χ0n) is 9.09. The number of fused-ring (bicyclic) bond motifs is 2. The fraction of sp³-hybridized carbons (Fsp3) is 1.00. The van der Waals surface area contributed by atoms with Gasteiger partial charge in [-0.2, -0.15) is 39.0 Å². The van der Waals surface area contributed by atoms with Gasteiger partial charge in [0.1, 0.15) is 0 Å². The van der Waals surface area contributed by atoms with Crippen LogP contribution >= 0.6 is 12.6 Å². The molecule has 2 fully saturated rings. The molecule has 4 unspecified atom stereocenters. The van der Waals surface area contributed by atoms with E-state index in [9.17, 15) is 31.4 Å². The minimum atomic E-state index is -5.70. The van der Waals surface area contributed by atoms with Crippen molar-refractivity contribution in [2.75, 3.05) is 0 Å². The Morgan fingerprint density at radius 2 is 1.33 bits per heavy atom. The number of hydrogen-bond donors (Lipinski definition) is 2. The number of alkyl halides is 6. The number of hydrogen-bond acceptors (Lipinski definition) is 2. The van der Waals surface area contributed by atoms with Gasteiger partial charge in [0.25, 0.3) is 5.60 Å². The van der Waals surface area contributed by atoms with Gasteiger partial charge in [0.2, 0.25) is 0 Å². The van der Waals surface area contributed by atoms with Crippen molar-refractivity contribution < 1.29 is 31.4 Å². The summed E-state index contributed by atoms with van der Waals surface area (Å²) in [7, 11) is 0. The Bertz CT molecular complexity index is 322. The average molecular weight is 294 g/mol. The van der Waals surface area contributed by atoms with Gasteiger partial charge >= 0.3 is 12.4 Å². The molecule has 8 heteroatoms. The van der Waals surface area contributed by atoms with Gasteiger partial charge in [-0.15, -0.1) is 0 Å². The van der Waals surface area contributed by atoms with Crippen LogP contribution in [0.1, 0.15) is 19.3 Å². The third kappa shape index (κ3) is 1.83. The van der Waals surface area contributed by atoms with Crippen LogP contribution < -0.4 is 0 Å². The van der Waals surface area contributed by atoms with E-state index in [0.29, 0.717) is 0 Å². The molecular weight excluding hydrogens is 282 g/mol. The monoisotopic (exact) mass is 294 g/mol. The summed E-state index contributed by atoms with van der Waals surface area (Å²) in [6, 6.07) is 0. The normalized spacial score (nSPS) is 37.3. The summed E-state index contributed by atoms with van der Waals surface area (Å²) in [6.07, 6.45) is -11.2. The number of rotatable bonds is 1. The molecule has 0 heterocycles. The molecule has 0 saturated heterocycles. The molecule has 2 aliphatic rings. The van der Waals surface area contributed by atoms with E-state index in [1.807, 2.05) is 0 Å². The van der Waals surface area contributed by atoms with Crippen LogP contribution in [0, 0.1) is 17.8 Å². The summed E-state index contributed by atoms with van der Waals surface area (Å²) in [5.41, 5.74) is -4.59. The third-order valence-corrected chi connectivity index (χ3v) is 4.85. The van der Waals surface area contributed by atoms with Gasteiger partial charge in [-0.1, -0.05) is 0 Å². The predicted molar refractivity (Wildman–Crippen MR) is 54.2 cm³/mol. The van der Waals surface area contributed by atoms with E-state index in [1.165, 1.54) is 0 Å². The second kappa shape index (κ2) is 3.94. The summed E-state index contributed by atoms with van der Waals surface area (Å²) in [5.74, 6) is -2.82. The summed E-state index contributed by atoms with van der Waals surface area (Å²) in [5, 5.41) is 9.16. The molecule has 0 aromatic rings. The fourth-order valence-electron chi connectivity index (χ4n) is 3.34. The van der Waals surface area contributed by atoms with Crippen LogP contribution in [-0.4, -0.2) is 28.3 Å². The van der Waals surface area contributed by atoms with Crippen molar-refractivity contribution in [3.8, 4) is 0 Å². The molecule has 2 aliphatic carbocycles. The standard InChI is InChI=1S/C10H12F6OS/c11-9(12,13)8(17,10(14,15)16)6-2-5-1-4(6)3-7(5)18/h4-7,17-18H,1-3H2. The predicted octanol–water partition coefficient (Wildman–Crippen LogP) is 3.19.